The topological polar surface area (TPSA) is 90.7 Å². The number of halogens is 1. The number of carbonyl (C=O) groups excluding carboxylic acids is 1. The first-order chi connectivity index (χ1) is 12.2. The Morgan fingerprint density at radius 1 is 1.00 bits per heavy atom. The highest BCUT2D eigenvalue weighted by Crippen LogP contribution is 2.21. The van der Waals surface area contributed by atoms with E-state index in [9.17, 15) is 4.79 Å². The number of benzene rings is 2. The maximum atomic E-state index is 12.2. The van der Waals surface area contributed by atoms with Crippen LogP contribution in [0.4, 0.5) is 17.2 Å². The third-order valence-corrected chi connectivity index (χ3v) is 3.65. The summed E-state index contributed by atoms with van der Waals surface area (Å²) in [5, 5.41) is 15.2. The number of hydrogen-bond acceptors (Lipinski definition) is 5. The van der Waals surface area contributed by atoms with Crippen LogP contribution < -0.4 is 10.6 Å². The number of anilines is 3. The molecule has 0 saturated heterocycles. The van der Waals surface area contributed by atoms with Gasteiger partial charge in [0.15, 0.2) is 0 Å². The second kappa shape index (κ2) is 7.43. The number of nitrogens with zero attached hydrogens (tertiary/aromatic N) is 3. The molecular formula is C18H12ClN5O. The molecule has 0 aliphatic heterocycles. The van der Waals surface area contributed by atoms with Gasteiger partial charge in [-0.2, -0.15) is 5.26 Å². The van der Waals surface area contributed by atoms with Gasteiger partial charge >= 0.3 is 0 Å². The van der Waals surface area contributed by atoms with E-state index in [0.29, 0.717) is 27.8 Å². The first-order valence-corrected chi connectivity index (χ1v) is 7.69. The molecule has 0 atom stereocenters. The standard InChI is InChI=1S/C18H12ClN5O/c19-13-6-2-4-8-15(13)24-18(25)16-10-22-17(11-21-16)23-14-7-3-1-5-12(14)9-20/h1-8,10-11H,(H,22,23)(H,24,25). The average Bonchev–Trinajstić information content (AvgIpc) is 2.64. The fraction of sp³-hybridized carbons (Fsp3) is 0. The summed E-state index contributed by atoms with van der Waals surface area (Å²) in [6.07, 6.45) is 2.78. The monoisotopic (exact) mass is 349 g/mol. The summed E-state index contributed by atoms with van der Waals surface area (Å²) >= 11 is 6.01. The van der Waals surface area contributed by atoms with E-state index in [4.69, 9.17) is 16.9 Å². The molecule has 7 heteroatoms. The molecule has 2 aromatic carbocycles. The molecule has 0 radical (unpaired) electrons. The molecule has 0 spiro atoms. The zero-order valence-electron chi connectivity index (χ0n) is 12.9. The summed E-state index contributed by atoms with van der Waals surface area (Å²) in [4.78, 5) is 20.5. The Labute approximate surface area is 149 Å². The van der Waals surface area contributed by atoms with Gasteiger partial charge < -0.3 is 10.6 Å². The smallest absolute Gasteiger partial charge is 0.275 e. The Hall–Kier alpha value is -3.43. The van der Waals surface area contributed by atoms with Crippen LogP contribution in [0, 0.1) is 11.3 Å². The summed E-state index contributed by atoms with van der Waals surface area (Å²) in [5.41, 5.74) is 1.76. The second-order valence-electron chi connectivity index (χ2n) is 5.00. The van der Waals surface area contributed by atoms with E-state index in [1.54, 1.807) is 42.5 Å². The first kappa shape index (κ1) is 16.4. The van der Waals surface area contributed by atoms with Gasteiger partial charge in [-0.3, -0.25) is 4.79 Å². The van der Waals surface area contributed by atoms with Crippen LogP contribution in [-0.4, -0.2) is 15.9 Å². The minimum Gasteiger partial charge on any atom is -0.338 e. The van der Waals surface area contributed by atoms with E-state index in [1.807, 2.05) is 6.07 Å². The SMILES string of the molecule is N#Cc1ccccc1Nc1cnc(C(=O)Nc2ccccc2Cl)cn1. The van der Waals surface area contributed by atoms with Gasteiger partial charge in [0.25, 0.3) is 5.91 Å². The predicted molar refractivity (Wildman–Crippen MR) is 95.9 cm³/mol. The summed E-state index contributed by atoms with van der Waals surface area (Å²) in [7, 11) is 0. The van der Waals surface area contributed by atoms with Gasteiger partial charge in [0.05, 0.1) is 34.4 Å². The van der Waals surface area contributed by atoms with E-state index in [2.05, 4.69) is 26.7 Å². The van der Waals surface area contributed by atoms with E-state index >= 15 is 0 Å². The van der Waals surface area contributed by atoms with Crippen molar-refractivity contribution in [1.82, 2.24) is 9.97 Å². The van der Waals surface area contributed by atoms with Crippen molar-refractivity contribution in [2.75, 3.05) is 10.6 Å². The lowest BCUT2D eigenvalue weighted by atomic mass is 10.2. The summed E-state index contributed by atoms with van der Waals surface area (Å²) in [6.45, 7) is 0. The van der Waals surface area contributed by atoms with Crippen LogP contribution in [0.3, 0.4) is 0 Å². The van der Waals surface area contributed by atoms with Crippen LogP contribution in [0.1, 0.15) is 16.1 Å². The number of para-hydroxylation sites is 2. The molecule has 0 fully saturated rings. The molecule has 2 N–H and O–H groups in total. The maximum Gasteiger partial charge on any atom is 0.275 e. The molecule has 1 aromatic heterocycles. The van der Waals surface area contributed by atoms with E-state index in [0.717, 1.165) is 0 Å². The number of nitrogens with one attached hydrogen (secondary N) is 2. The first-order valence-electron chi connectivity index (χ1n) is 7.31. The number of amides is 1. The normalized spacial score (nSPS) is 9.92. The Morgan fingerprint density at radius 3 is 2.40 bits per heavy atom. The highest BCUT2D eigenvalue weighted by Gasteiger charge is 2.10. The molecule has 0 aliphatic rings. The number of aromatic nitrogens is 2. The highest BCUT2D eigenvalue weighted by molar-refractivity contribution is 6.33. The molecule has 0 unspecified atom stereocenters. The molecule has 0 aliphatic carbocycles. The number of carbonyl (C=O) groups is 1. The van der Waals surface area contributed by atoms with Crippen LogP contribution in [-0.2, 0) is 0 Å². The Balaban J connectivity index is 1.73. The minimum atomic E-state index is -0.412. The van der Waals surface area contributed by atoms with Gasteiger partial charge in [-0.15, -0.1) is 0 Å². The Morgan fingerprint density at radius 2 is 1.72 bits per heavy atom. The lowest BCUT2D eigenvalue weighted by Crippen LogP contribution is -2.14. The quantitative estimate of drug-likeness (QED) is 0.743. The average molecular weight is 350 g/mol. The number of hydrogen-bond donors (Lipinski definition) is 2. The fourth-order valence-electron chi connectivity index (χ4n) is 2.09. The molecule has 122 valence electrons. The molecular weight excluding hydrogens is 338 g/mol. The van der Waals surface area contributed by atoms with E-state index in [-0.39, 0.29) is 5.69 Å². The molecule has 1 amide bonds. The van der Waals surface area contributed by atoms with Crippen molar-refractivity contribution in [2.45, 2.75) is 0 Å². The largest absolute Gasteiger partial charge is 0.338 e. The van der Waals surface area contributed by atoms with Gasteiger partial charge in [-0.25, -0.2) is 9.97 Å². The van der Waals surface area contributed by atoms with Crippen molar-refractivity contribution in [3.05, 3.63) is 77.2 Å². The van der Waals surface area contributed by atoms with Gasteiger partial charge in [0.2, 0.25) is 0 Å². The minimum absolute atomic E-state index is 0.152. The number of nitriles is 1. The van der Waals surface area contributed by atoms with Crippen LogP contribution >= 0.6 is 11.6 Å². The van der Waals surface area contributed by atoms with Gasteiger partial charge in [-0.05, 0) is 24.3 Å². The van der Waals surface area contributed by atoms with Crippen LogP contribution in [0.15, 0.2) is 60.9 Å². The molecule has 0 bridgehead atoms. The molecule has 1 heterocycles. The van der Waals surface area contributed by atoms with Crippen molar-refractivity contribution in [2.24, 2.45) is 0 Å². The van der Waals surface area contributed by atoms with Crippen molar-refractivity contribution in [3.63, 3.8) is 0 Å². The third kappa shape index (κ3) is 3.91. The van der Waals surface area contributed by atoms with Gasteiger partial charge in [0, 0.05) is 0 Å². The summed E-state index contributed by atoms with van der Waals surface area (Å²) in [5.74, 6) is 0.0153. The van der Waals surface area contributed by atoms with Crippen LogP contribution in [0.2, 0.25) is 5.02 Å². The predicted octanol–water partition coefficient (Wildman–Crippen LogP) is 4.00. The maximum absolute atomic E-state index is 12.2. The van der Waals surface area contributed by atoms with Gasteiger partial charge in [0.1, 0.15) is 17.6 Å². The van der Waals surface area contributed by atoms with Crippen molar-refractivity contribution in [3.8, 4) is 6.07 Å². The summed E-state index contributed by atoms with van der Waals surface area (Å²) in [6, 6.07) is 16.1. The van der Waals surface area contributed by atoms with Crippen molar-refractivity contribution < 1.29 is 4.79 Å². The molecule has 6 nitrogen and oxygen atoms in total. The molecule has 3 aromatic rings. The fourth-order valence-corrected chi connectivity index (χ4v) is 2.27. The zero-order chi connectivity index (χ0) is 17.6. The Bertz CT molecular complexity index is 950. The van der Waals surface area contributed by atoms with E-state index in [1.165, 1.54) is 12.4 Å². The lowest BCUT2D eigenvalue weighted by molar-refractivity contribution is 0.102. The zero-order valence-corrected chi connectivity index (χ0v) is 13.7. The second-order valence-corrected chi connectivity index (χ2v) is 5.41. The Kier molecular flexibility index (Phi) is 4.88. The van der Waals surface area contributed by atoms with Crippen LogP contribution in [0.25, 0.3) is 0 Å². The molecule has 3 rings (SSSR count). The lowest BCUT2D eigenvalue weighted by Gasteiger charge is -2.08. The molecule has 0 saturated carbocycles. The van der Waals surface area contributed by atoms with Crippen molar-refractivity contribution >= 4 is 34.7 Å². The van der Waals surface area contributed by atoms with Crippen LogP contribution in [0.5, 0.6) is 0 Å². The molecule has 25 heavy (non-hydrogen) atoms. The summed E-state index contributed by atoms with van der Waals surface area (Å²) < 4.78 is 0. The highest BCUT2D eigenvalue weighted by atomic mass is 35.5. The third-order valence-electron chi connectivity index (χ3n) is 3.32. The van der Waals surface area contributed by atoms with Gasteiger partial charge in [-0.1, -0.05) is 35.9 Å². The van der Waals surface area contributed by atoms with E-state index < -0.39 is 5.91 Å². The van der Waals surface area contributed by atoms with Crippen molar-refractivity contribution in [1.29, 1.82) is 5.26 Å². The number of rotatable bonds is 4.